The molecule has 0 bridgehead atoms. The summed E-state index contributed by atoms with van der Waals surface area (Å²) >= 11 is 0. The molecular formula is C21H33NO2. The lowest BCUT2D eigenvalue weighted by atomic mass is 9.73. The Bertz CT molecular complexity index is 456. The van der Waals surface area contributed by atoms with Gasteiger partial charge in [-0.2, -0.15) is 0 Å². The number of nitrogens with zero attached hydrogens (tertiary/aromatic N) is 1. The van der Waals surface area contributed by atoms with Crippen molar-refractivity contribution in [2.24, 2.45) is 34.7 Å². The van der Waals surface area contributed by atoms with Crippen LogP contribution >= 0.6 is 0 Å². The summed E-state index contributed by atoms with van der Waals surface area (Å²) in [5.41, 5.74) is 1.28. The molecule has 3 nitrogen and oxygen atoms in total. The highest BCUT2D eigenvalue weighted by Crippen LogP contribution is 2.52. The summed E-state index contributed by atoms with van der Waals surface area (Å²) < 4.78 is 0. The predicted molar refractivity (Wildman–Crippen MR) is 95.6 cm³/mol. The molecule has 4 unspecified atom stereocenters. The maximum atomic E-state index is 12.3. The molecule has 4 rings (SSSR count). The van der Waals surface area contributed by atoms with Crippen LogP contribution in [-0.2, 0) is 9.63 Å². The second kappa shape index (κ2) is 7.58. The van der Waals surface area contributed by atoms with Gasteiger partial charge in [-0.25, -0.2) is 4.79 Å². The quantitative estimate of drug-likeness (QED) is 0.507. The van der Waals surface area contributed by atoms with Crippen molar-refractivity contribution in [2.45, 2.75) is 89.9 Å². The average molecular weight is 332 g/mol. The number of carbonyl (C=O) groups excluding carboxylic acids is 1. The Hall–Kier alpha value is -0.860. The van der Waals surface area contributed by atoms with Crippen molar-refractivity contribution < 1.29 is 9.63 Å². The number of rotatable bonds is 3. The van der Waals surface area contributed by atoms with E-state index in [9.17, 15) is 4.79 Å². The van der Waals surface area contributed by atoms with Crippen LogP contribution in [0.25, 0.3) is 0 Å². The summed E-state index contributed by atoms with van der Waals surface area (Å²) in [7, 11) is 0. The molecule has 4 aliphatic rings. The number of carbonyl (C=O) groups is 1. The molecule has 4 fully saturated rings. The van der Waals surface area contributed by atoms with Gasteiger partial charge in [-0.3, -0.25) is 0 Å². The minimum Gasteiger partial charge on any atom is -0.318 e. The Morgan fingerprint density at radius 3 is 1.96 bits per heavy atom. The summed E-state index contributed by atoms with van der Waals surface area (Å²) in [6, 6.07) is 0. The van der Waals surface area contributed by atoms with Gasteiger partial charge in [0.15, 0.2) is 0 Å². The standard InChI is InChI=1S/C21H33NO2/c23-20(14-15-8-2-1-3-9-15)24-22-21-18-12-6-4-10-16(18)17-11-5-7-13-19(17)21/h15-19H,1-14H2. The highest BCUT2D eigenvalue weighted by molar-refractivity contribution is 5.92. The van der Waals surface area contributed by atoms with Gasteiger partial charge in [0, 0.05) is 11.8 Å². The zero-order chi connectivity index (χ0) is 16.4. The second-order valence-corrected chi connectivity index (χ2v) is 8.80. The van der Waals surface area contributed by atoms with E-state index in [2.05, 4.69) is 5.16 Å². The van der Waals surface area contributed by atoms with Crippen LogP contribution in [0.1, 0.15) is 89.9 Å². The number of fused-ring (bicyclic) bond motifs is 3. The largest absolute Gasteiger partial charge is 0.335 e. The van der Waals surface area contributed by atoms with Crippen LogP contribution in [0.4, 0.5) is 0 Å². The Kier molecular flexibility index (Phi) is 5.24. The molecule has 0 aromatic heterocycles. The topological polar surface area (TPSA) is 38.7 Å². The van der Waals surface area contributed by atoms with Gasteiger partial charge < -0.3 is 4.84 Å². The minimum atomic E-state index is -0.0824. The summed E-state index contributed by atoms with van der Waals surface area (Å²) in [5, 5.41) is 4.52. The van der Waals surface area contributed by atoms with Crippen LogP contribution in [0.3, 0.4) is 0 Å². The first-order valence-electron chi connectivity index (χ1n) is 10.6. The van der Waals surface area contributed by atoms with Gasteiger partial charge in [0.25, 0.3) is 0 Å². The monoisotopic (exact) mass is 331 g/mol. The van der Waals surface area contributed by atoms with Crippen LogP contribution in [0.5, 0.6) is 0 Å². The Morgan fingerprint density at radius 1 is 0.792 bits per heavy atom. The molecule has 134 valence electrons. The molecule has 0 aliphatic heterocycles. The van der Waals surface area contributed by atoms with E-state index in [0.29, 0.717) is 24.2 Å². The third-order valence-electron chi connectivity index (χ3n) is 7.38. The van der Waals surface area contributed by atoms with Gasteiger partial charge >= 0.3 is 5.97 Å². The molecule has 0 radical (unpaired) electrons. The first-order valence-corrected chi connectivity index (χ1v) is 10.6. The molecule has 0 saturated heterocycles. The van der Waals surface area contributed by atoms with E-state index >= 15 is 0 Å². The van der Waals surface area contributed by atoms with Gasteiger partial charge in [0.05, 0.1) is 12.1 Å². The normalized spacial score (nSPS) is 36.8. The minimum absolute atomic E-state index is 0.0824. The number of oxime groups is 1. The van der Waals surface area contributed by atoms with Crippen molar-refractivity contribution in [1.29, 1.82) is 0 Å². The Balaban J connectivity index is 1.41. The Labute approximate surface area is 146 Å². The highest BCUT2D eigenvalue weighted by Gasteiger charge is 2.49. The third kappa shape index (κ3) is 3.41. The first-order chi connectivity index (χ1) is 11.8. The molecular weight excluding hydrogens is 298 g/mol. The van der Waals surface area contributed by atoms with Crippen LogP contribution in [0, 0.1) is 29.6 Å². The van der Waals surface area contributed by atoms with E-state index in [1.54, 1.807) is 0 Å². The van der Waals surface area contributed by atoms with Crippen molar-refractivity contribution >= 4 is 11.7 Å². The van der Waals surface area contributed by atoms with E-state index in [1.165, 1.54) is 89.2 Å². The van der Waals surface area contributed by atoms with E-state index < -0.39 is 0 Å². The van der Waals surface area contributed by atoms with Crippen LogP contribution in [-0.4, -0.2) is 11.7 Å². The smallest absolute Gasteiger partial charge is 0.318 e. The van der Waals surface area contributed by atoms with Crippen molar-refractivity contribution in [3.05, 3.63) is 0 Å². The molecule has 0 aromatic carbocycles. The van der Waals surface area contributed by atoms with E-state index in [4.69, 9.17) is 4.84 Å². The lowest BCUT2D eigenvalue weighted by Crippen LogP contribution is -2.22. The maximum Gasteiger partial charge on any atom is 0.335 e. The SMILES string of the molecule is O=C(CC1CCCCC1)ON=C1C2CCCCC2C2CCCCC12. The second-order valence-electron chi connectivity index (χ2n) is 8.80. The summed E-state index contributed by atoms with van der Waals surface area (Å²) in [6.45, 7) is 0. The van der Waals surface area contributed by atoms with Crippen LogP contribution in [0.15, 0.2) is 5.16 Å². The van der Waals surface area contributed by atoms with Crippen LogP contribution in [0.2, 0.25) is 0 Å². The van der Waals surface area contributed by atoms with Gasteiger partial charge in [0.2, 0.25) is 0 Å². The fourth-order valence-corrected chi connectivity index (χ4v) is 6.26. The highest BCUT2D eigenvalue weighted by atomic mass is 16.7. The fourth-order valence-electron chi connectivity index (χ4n) is 6.26. The van der Waals surface area contributed by atoms with Gasteiger partial charge in [0.1, 0.15) is 0 Å². The fraction of sp³-hybridized carbons (Fsp3) is 0.905. The average Bonchev–Trinajstić information content (AvgIpc) is 2.95. The van der Waals surface area contributed by atoms with Crippen molar-refractivity contribution in [2.75, 3.05) is 0 Å². The summed E-state index contributed by atoms with van der Waals surface area (Å²) in [4.78, 5) is 17.7. The van der Waals surface area contributed by atoms with Gasteiger partial charge in [-0.15, -0.1) is 0 Å². The van der Waals surface area contributed by atoms with E-state index in [0.717, 1.165) is 11.8 Å². The van der Waals surface area contributed by atoms with E-state index in [-0.39, 0.29) is 5.97 Å². The van der Waals surface area contributed by atoms with Crippen molar-refractivity contribution in [1.82, 2.24) is 0 Å². The molecule has 0 aromatic rings. The van der Waals surface area contributed by atoms with Crippen molar-refractivity contribution in [3.8, 4) is 0 Å². The van der Waals surface area contributed by atoms with E-state index in [1.807, 2.05) is 0 Å². The molecule has 3 heteroatoms. The van der Waals surface area contributed by atoms with Gasteiger partial charge in [-0.05, 0) is 56.3 Å². The maximum absolute atomic E-state index is 12.3. The summed E-state index contributed by atoms with van der Waals surface area (Å²) in [6.07, 6.45) is 17.6. The summed E-state index contributed by atoms with van der Waals surface area (Å²) in [5.74, 6) is 3.37. The van der Waals surface area contributed by atoms with Gasteiger partial charge in [-0.1, -0.05) is 50.1 Å². The molecule has 24 heavy (non-hydrogen) atoms. The molecule has 0 heterocycles. The molecule has 0 N–H and O–H groups in total. The number of hydrogen-bond acceptors (Lipinski definition) is 3. The molecule has 0 amide bonds. The zero-order valence-electron chi connectivity index (χ0n) is 15.0. The predicted octanol–water partition coefficient (Wildman–Crippen LogP) is 5.48. The first kappa shape index (κ1) is 16.6. The third-order valence-corrected chi connectivity index (χ3v) is 7.38. The molecule has 4 aliphatic carbocycles. The molecule has 4 saturated carbocycles. The lowest BCUT2D eigenvalue weighted by Gasteiger charge is -2.31. The molecule has 0 spiro atoms. The Morgan fingerprint density at radius 2 is 1.33 bits per heavy atom. The molecule has 4 atom stereocenters. The number of hydrogen-bond donors (Lipinski definition) is 0. The zero-order valence-corrected chi connectivity index (χ0v) is 15.0. The van der Waals surface area contributed by atoms with Crippen molar-refractivity contribution in [3.63, 3.8) is 0 Å². The van der Waals surface area contributed by atoms with Crippen LogP contribution < -0.4 is 0 Å². The lowest BCUT2D eigenvalue weighted by molar-refractivity contribution is -0.145.